The summed E-state index contributed by atoms with van der Waals surface area (Å²) in [5.41, 5.74) is 1.11. The number of piperazine rings is 1. The molecule has 3 heterocycles. The first-order valence-corrected chi connectivity index (χ1v) is 13.4. The van der Waals surface area contributed by atoms with E-state index in [0.29, 0.717) is 12.4 Å². The number of benzene rings is 1. The molecule has 0 aliphatic carbocycles. The Labute approximate surface area is 221 Å². The molecule has 0 bridgehead atoms. The lowest BCUT2D eigenvalue weighted by atomic mass is 10.2. The van der Waals surface area contributed by atoms with Crippen molar-refractivity contribution in [3.05, 3.63) is 70.2 Å². The van der Waals surface area contributed by atoms with Gasteiger partial charge in [0.15, 0.2) is 0 Å². The van der Waals surface area contributed by atoms with Crippen LogP contribution >= 0.6 is 11.8 Å². The van der Waals surface area contributed by atoms with Crippen LogP contribution in [0.3, 0.4) is 0 Å². The van der Waals surface area contributed by atoms with Crippen molar-refractivity contribution < 1.29 is 14.1 Å². The van der Waals surface area contributed by atoms with Gasteiger partial charge in [0.1, 0.15) is 23.1 Å². The van der Waals surface area contributed by atoms with Gasteiger partial charge in [-0.05, 0) is 44.4 Å². The van der Waals surface area contributed by atoms with Crippen molar-refractivity contribution in [3.63, 3.8) is 0 Å². The minimum atomic E-state index is -0.387. The van der Waals surface area contributed by atoms with Crippen LogP contribution < -0.4 is 19.9 Å². The SMILES string of the molecule is COc1cccc(N2CCN(c3ccc([N+](=O)[O-])c(NCCSCc4ccc(CN(C)C)o4)n3)CC2)c1. The van der Waals surface area contributed by atoms with Crippen LogP contribution in [0.4, 0.5) is 23.0 Å². The van der Waals surface area contributed by atoms with E-state index in [-0.39, 0.29) is 10.6 Å². The Morgan fingerprint density at radius 1 is 1.11 bits per heavy atom. The van der Waals surface area contributed by atoms with Gasteiger partial charge in [0.05, 0.1) is 24.3 Å². The number of nitrogens with one attached hydrogen (secondary N) is 1. The molecular weight excluding hydrogens is 492 g/mol. The molecule has 4 rings (SSSR count). The van der Waals surface area contributed by atoms with Crippen LogP contribution in [0.2, 0.25) is 0 Å². The minimum Gasteiger partial charge on any atom is -0.497 e. The fraction of sp³-hybridized carbons (Fsp3) is 0.423. The predicted molar refractivity (Wildman–Crippen MR) is 149 cm³/mol. The molecule has 2 aromatic heterocycles. The molecule has 0 amide bonds. The summed E-state index contributed by atoms with van der Waals surface area (Å²) in [7, 11) is 5.68. The number of aromatic nitrogens is 1. The van der Waals surface area contributed by atoms with Gasteiger partial charge in [-0.15, -0.1) is 0 Å². The average molecular weight is 527 g/mol. The average Bonchev–Trinajstić information content (AvgIpc) is 3.34. The lowest BCUT2D eigenvalue weighted by Gasteiger charge is -2.36. The van der Waals surface area contributed by atoms with Gasteiger partial charge in [-0.25, -0.2) is 4.98 Å². The first-order chi connectivity index (χ1) is 17.9. The molecule has 0 atom stereocenters. The van der Waals surface area contributed by atoms with Crippen LogP contribution in [0.5, 0.6) is 5.75 Å². The van der Waals surface area contributed by atoms with Crippen molar-refractivity contribution >= 4 is 34.8 Å². The number of hydrogen-bond acceptors (Lipinski definition) is 10. The lowest BCUT2D eigenvalue weighted by molar-refractivity contribution is -0.384. The molecule has 0 unspecified atom stereocenters. The Balaban J connectivity index is 1.30. The Morgan fingerprint density at radius 3 is 2.59 bits per heavy atom. The second kappa shape index (κ2) is 12.7. The fourth-order valence-corrected chi connectivity index (χ4v) is 4.95. The maximum atomic E-state index is 11.6. The van der Waals surface area contributed by atoms with Crippen LogP contribution in [-0.2, 0) is 12.3 Å². The van der Waals surface area contributed by atoms with Crippen molar-refractivity contribution in [2.45, 2.75) is 12.3 Å². The molecule has 1 saturated heterocycles. The summed E-state index contributed by atoms with van der Waals surface area (Å²) in [4.78, 5) is 22.4. The summed E-state index contributed by atoms with van der Waals surface area (Å²) in [5.74, 6) is 5.29. The number of methoxy groups -OCH3 is 1. The van der Waals surface area contributed by atoms with E-state index in [1.807, 2.05) is 44.4 Å². The molecular formula is C26H34N6O4S. The molecule has 198 valence electrons. The largest absolute Gasteiger partial charge is 0.497 e. The minimum absolute atomic E-state index is 0.0110. The van der Waals surface area contributed by atoms with Gasteiger partial charge < -0.3 is 29.2 Å². The molecule has 0 saturated carbocycles. The van der Waals surface area contributed by atoms with Gasteiger partial charge in [0.25, 0.3) is 0 Å². The summed E-state index contributed by atoms with van der Waals surface area (Å²) >= 11 is 1.71. The van der Waals surface area contributed by atoms with Gasteiger partial charge in [-0.1, -0.05) is 6.07 Å². The Bertz CT molecular complexity index is 1180. The molecule has 0 radical (unpaired) electrons. The summed E-state index contributed by atoms with van der Waals surface area (Å²) < 4.78 is 11.2. The highest BCUT2D eigenvalue weighted by molar-refractivity contribution is 7.98. The fourth-order valence-electron chi connectivity index (χ4n) is 4.21. The number of pyridine rings is 1. The van der Waals surface area contributed by atoms with E-state index in [9.17, 15) is 10.1 Å². The second-order valence-electron chi connectivity index (χ2n) is 9.06. The van der Waals surface area contributed by atoms with Crippen molar-refractivity contribution in [2.75, 3.05) is 74.8 Å². The van der Waals surface area contributed by atoms with E-state index in [4.69, 9.17) is 9.15 Å². The Morgan fingerprint density at radius 2 is 1.86 bits per heavy atom. The zero-order chi connectivity index (χ0) is 26.2. The lowest BCUT2D eigenvalue weighted by Crippen LogP contribution is -2.46. The molecule has 1 aliphatic rings. The van der Waals surface area contributed by atoms with Crippen molar-refractivity contribution in [1.29, 1.82) is 0 Å². The third kappa shape index (κ3) is 7.30. The smallest absolute Gasteiger partial charge is 0.311 e. The third-order valence-corrected chi connectivity index (χ3v) is 7.03. The standard InChI is InChI=1S/C26H34N6O4S/c1-29(2)18-22-7-8-23(36-22)19-37-16-11-27-26-24(32(33)34)9-10-25(28-26)31-14-12-30(13-15-31)20-5-4-6-21(17-20)35-3/h4-10,17H,11-16,18-19H2,1-3H3,(H,27,28). The van der Waals surface area contributed by atoms with Gasteiger partial charge >= 0.3 is 5.69 Å². The molecule has 1 aliphatic heterocycles. The van der Waals surface area contributed by atoms with Gasteiger partial charge in [-0.3, -0.25) is 10.1 Å². The summed E-state index contributed by atoms with van der Waals surface area (Å²) in [6.45, 7) is 4.54. The highest BCUT2D eigenvalue weighted by Gasteiger charge is 2.22. The molecule has 1 fully saturated rings. The predicted octanol–water partition coefficient (Wildman–Crippen LogP) is 4.32. The van der Waals surface area contributed by atoms with Gasteiger partial charge in [0, 0.05) is 56.3 Å². The number of furan rings is 1. The Hall–Kier alpha value is -3.44. The maximum Gasteiger partial charge on any atom is 0.311 e. The van der Waals surface area contributed by atoms with Gasteiger partial charge in [0.2, 0.25) is 5.82 Å². The van der Waals surface area contributed by atoms with E-state index >= 15 is 0 Å². The van der Waals surface area contributed by atoms with Crippen LogP contribution in [0.15, 0.2) is 52.9 Å². The summed E-state index contributed by atoms with van der Waals surface area (Å²) in [5, 5.41) is 14.8. The number of nitro groups is 1. The highest BCUT2D eigenvalue weighted by atomic mass is 32.2. The molecule has 10 nitrogen and oxygen atoms in total. The van der Waals surface area contributed by atoms with Crippen LogP contribution in [0.1, 0.15) is 11.5 Å². The topological polar surface area (TPSA) is 100 Å². The van der Waals surface area contributed by atoms with E-state index in [2.05, 4.69) is 31.1 Å². The van der Waals surface area contributed by atoms with Crippen molar-refractivity contribution in [3.8, 4) is 5.75 Å². The van der Waals surface area contributed by atoms with E-state index in [0.717, 1.165) is 73.0 Å². The maximum absolute atomic E-state index is 11.6. The first-order valence-electron chi connectivity index (χ1n) is 12.3. The first kappa shape index (κ1) is 26.6. The van der Waals surface area contributed by atoms with Crippen molar-refractivity contribution in [2.24, 2.45) is 0 Å². The third-order valence-electron chi connectivity index (χ3n) is 6.05. The quantitative estimate of drug-likeness (QED) is 0.209. The Kier molecular flexibility index (Phi) is 9.13. The number of thioether (sulfide) groups is 1. The molecule has 1 N–H and O–H groups in total. The van der Waals surface area contributed by atoms with Gasteiger partial charge in [-0.2, -0.15) is 11.8 Å². The normalized spacial score (nSPS) is 13.7. The number of hydrogen-bond donors (Lipinski definition) is 1. The van der Waals surface area contributed by atoms with Crippen molar-refractivity contribution in [1.82, 2.24) is 9.88 Å². The summed E-state index contributed by atoms with van der Waals surface area (Å²) in [6, 6.07) is 15.3. The van der Waals surface area contributed by atoms with E-state index in [1.165, 1.54) is 0 Å². The zero-order valence-electron chi connectivity index (χ0n) is 21.6. The van der Waals surface area contributed by atoms with Crippen LogP contribution in [-0.4, -0.2) is 74.5 Å². The van der Waals surface area contributed by atoms with Crippen LogP contribution in [0, 0.1) is 10.1 Å². The number of nitrogens with zero attached hydrogens (tertiary/aromatic N) is 5. The molecule has 37 heavy (non-hydrogen) atoms. The van der Waals surface area contributed by atoms with E-state index < -0.39 is 0 Å². The molecule has 1 aromatic carbocycles. The van der Waals surface area contributed by atoms with E-state index in [1.54, 1.807) is 31.0 Å². The molecule has 0 spiro atoms. The number of ether oxygens (including phenoxy) is 1. The number of rotatable bonds is 12. The highest BCUT2D eigenvalue weighted by Crippen LogP contribution is 2.28. The summed E-state index contributed by atoms with van der Waals surface area (Å²) in [6.07, 6.45) is 0. The molecule has 11 heteroatoms. The zero-order valence-corrected chi connectivity index (χ0v) is 22.4. The molecule has 3 aromatic rings. The monoisotopic (exact) mass is 526 g/mol. The number of anilines is 3. The second-order valence-corrected chi connectivity index (χ2v) is 10.2. The van der Waals surface area contributed by atoms with Crippen LogP contribution in [0.25, 0.3) is 0 Å².